The number of aromatic nitrogens is 1. The SMILES string of the molecule is [B]C(COC)Cn1c(C(C)(C)C)cc2cc(NC(=O)C3(c4ccc5c(c4)OCO5)CC3)ccc21. The van der Waals surface area contributed by atoms with Crippen molar-refractivity contribution in [3.63, 3.8) is 0 Å². The van der Waals surface area contributed by atoms with Crippen LogP contribution in [0.15, 0.2) is 42.5 Å². The van der Waals surface area contributed by atoms with E-state index in [1.807, 2.05) is 24.3 Å². The molecule has 5 rings (SSSR count). The third-order valence-corrected chi connectivity index (χ3v) is 6.84. The number of ether oxygens (including phenoxy) is 3. The van der Waals surface area contributed by atoms with Crippen LogP contribution in [0.1, 0.15) is 44.9 Å². The van der Waals surface area contributed by atoms with Crippen molar-refractivity contribution in [2.45, 2.75) is 56.8 Å². The predicted molar refractivity (Wildman–Crippen MR) is 134 cm³/mol. The standard InChI is InChI=1S/C27H31BN2O4/c1-26(2,3)24-12-17-11-20(6-7-21(17)30(24)14-19(28)15-32-4)29-25(31)27(9-10-27)18-5-8-22-23(13-18)34-16-33-22/h5-8,11-13,19H,9-10,14-16H2,1-4H3,(H,29,31). The van der Waals surface area contributed by atoms with Crippen LogP contribution in [-0.2, 0) is 26.9 Å². The van der Waals surface area contributed by atoms with Gasteiger partial charge in [-0.05, 0) is 60.6 Å². The van der Waals surface area contributed by atoms with Crippen LogP contribution < -0.4 is 14.8 Å². The maximum absolute atomic E-state index is 13.4. The lowest BCUT2D eigenvalue weighted by molar-refractivity contribution is -0.118. The Hall–Kier alpha value is -2.93. The van der Waals surface area contributed by atoms with E-state index in [1.54, 1.807) is 7.11 Å². The van der Waals surface area contributed by atoms with Crippen LogP contribution in [-0.4, -0.2) is 38.8 Å². The normalized spacial score (nSPS) is 17.1. The number of nitrogens with one attached hydrogen (secondary N) is 1. The van der Waals surface area contributed by atoms with Gasteiger partial charge in [-0.3, -0.25) is 4.79 Å². The molecule has 176 valence electrons. The van der Waals surface area contributed by atoms with Crippen LogP contribution in [0.5, 0.6) is 11.5 Å². The minimum absolute atomic E-state index is 0.0170. The predicted octanol–water partition coefficient (Wildman–Crippen LogP) is 4.94. The molecule has 1 fully saturated rings. The van der Waals surface area contributed by atoms with Crippen molar-refractivity contribution in [1.82, 2.24) is 4.57 Å². The molecule has 34 heavy (non-hydrogen) atoms. The summed E-state index contributed by atoms with van der Waals surface area (Å²) in [7, 11) is 7.97. The Morgan fingerprint density at radius 3 is 2.62 bits per heavy atom. The van der Waals surface area contributed by atoms with Crippen LogP contribution in [0, 0.1) is 0 Å². The molecule has 1 aromatic heterocycles. The summed E-state index contributed by atoms with van der Waals surface area (Å²) >= 11 is 0. The summed E-state index contributed by atoms with van der Waals surface area (Å²) in [5, 5.41) is 4.25. The molecule has 1 unspecified atom stereocenters. The summed E-state index contributed by atoms with van der Waals surface area (Å²) in [4.78, 5) is 13.4. The Kier molecular flexibility index (Phi) is 5.63. The molecule has 2 heterocycles. The third-order valence-electron chi connectivity index (χ3n) is 6.84. The number of rotatable bonds is 7. The van der Waals surface area contributed by atoms with Crippen molar-refractivity contribution < 1.29 is 19.0 Å². The molecule has 0 spiro atoms. The zero-order valence-corrected chi connectivity index (χ0v) is 20.3. The molecule has 0 saturated heterocycles. The van der Waals surface area contributed by atoms with Crippen molar-refractivity contribution in [2.24, 2.45) is 0 Å². The number of hydrogen-bond acceptors (Lipinski definition) is 4. The van der Waals surface area contributed by atoms with E-state index in [1.165, 1.54) is 5.69 Å². The highest BCUT2D eigenvalue weighted by atomic mass is 16.7. The summed E-state index contributed by atoms with van der Waals surface area (Å²) in [6, 6.07) is 14.1. The van der Waals surface area contributed by atoms with Gasteiger partial charge in [-0.2, -0.15) is 0 Å². The lowest BCUT2D eigenvalue weighted by Gasteiger charge is -2.24. The maximum atomic E-state index is 13.4. The molecule has 7 heteroatoms. The van der Waals surface area contributed by atoms with E-state index in [-0.39, 0.29) is 23.9 Å². The summed E-state index contributed by atoms with van der Waals surface area (Å²) in [5.41, 5.74) is 3.52. The van der Waals surface area contributed by atoms with E-state index in [9.17, 15) is 4.79 Å². The highest BCUT2D eigenvalue weighted by molar-refractivity contribution is 6.11. The Morgan fingerprint density at radius 2 is 1.91 bits per heavy atom. The number of amides is 1. The summed E-state index contributed by atoms with van der Waals surface area (Å²) in [6.45, 7) is 7.99. The van der Waals surface area contributed by atoms with Gasteiger partial charge in [0.2, 0.25) is 12.7 Å². The lowest BCUT2D eigenvalue weighted by Crippen LogP contribution is -2.27. The van der Waals surface area contributed by atoms with E-state index in [0.717, 1.165) is 40.7 Å². The van der Waals surface area contributed by atoms with Gasteiger partial charge in [0.15, 0.2) is 11.5 Å². The number of nitrogens with zero attached hydrogens (tertiary/aromatic N) is 1. The van der Waals surface area contributed by atoms with E-state index in [4.69, 9.17) is 22.1 Å². The fourth-order valence-electron chi connectivity index (χ4n) is 4.88. The number of benzene rings is 2. The topological polar surface area (TPSA) is 61.7 Å². The first kappa shape index (κ1) is 22.8. The second-order valence-corrected chi connectivity index (χ2v) is 10.5. The highest BCUT2D eigenvalue weighted by Crippen LogP contribution is 2.51. The molecule has 0 bridgehead atoms. The van der Waals surface area contributed by atoms with E-state index < -0.39 is 5.41 Å². The van der Waals surface area contributed by atoms with Gasteiger partial charge in [0, 0.05) is 48.0 Å². The minimum Gasteiger partial charge on any atom is -0.454 e. The molecular weight excluding hydrogens is 427 g/mol. The Bertz CT molecular complexity index is 1240. The largest absolute Gasteiger partial charge is 0.454 e. The quantitative estimate of drug-likeness (QED) is 0.510. The Labute approximate surface area is 202 Å². The number of anilines is 1. The molecule has 2 aliphatic rings. The van der Waals surface area contributed by atoms with Crippen molar-refractivity contribution in [2.75, 3.05) is 25.8 Å². The smallest absolute Gasteiger partial charge is 0.235 e. The van der Waals surface area contributed by atoms with E-state index in [2.05, 4.69) is 48.9 Å². The Balaban J connectivity index is 1.42. The first-order valence-corrected chi connectivity index (χ1v) is 11.8. The molecule has 1 atom stereocenters. The van der Waals surface area contributed by atoms with Gasteiger partial charge < -0.3 is 24.1 Å². The average Bonchev–Trinajstić information content (AvgIpc) is 3.33. The van der Waals surface area contributed by atoms with Crippen molar-refractivity contribution >= 4 is 30.3 Å². The molecule has 2 aromatic carbocycles. The molecule has 1 N–H and O–H groups in total. The monoisotopic (exact) mass is 458 g/mol. The molecular formula is C27H31BN2O4. The van der Waals surface area contributed by atoms with Crippen LogP contribution in [0.2, 0.25) is 5.82 Å². The molecule has 6 nitrogen and oxygen atoms in total. The Morgan fingerprint density at radius 1 is 1.15 bits per heavy atom. The number of hydrogen-bond donors (Lipinski definition) is 1. The van der Waals surface area contributed by atoms with Crippen LogP contribution >= 0.6 is 0 Å². The third kappa shape index (κ3) is 4.07. The summed E-state index contributed by atoms with van der Waals surface area (Å²) < 4.78 is 18.5. The molecule has 1 amide bonds. The highest BCUT2D eigenvalue weighted by Gasteiger charge is 2.51. The second-order valence-electron chi connectivity index (χ2n) is 10.5. The van der Waals surface area contributed by atoms with Gasteiger partial charge in [0.05, 0.1) is 13.3 Å². The first-order chi connectivity index (χ1) is 16.2. The lowest BCUT2D eigenvalue weighted by atomic mass is 9.87. The molecule has 1 saturated carbocycles. The average molecular weight is 458 g/mol. The molecule has 2 radical (unpaired) electrons. The van der Waals surface area contributed by atoms with Gasteiger partial charge in [0.1, 0.15) is 0 Å². The van der Waals surface area contributed by atoms with Crippen LogP contribution in [0.4, 0.5) is 5.69 Å². The van der Waals surface area contributed by atoms with E-state index >= 15 is 0 Å². The van der Waals surface area contributed by atoms with Crippen molar-refractivity contribution in [3.8, 4) is 11.5 Å². The zero-order valence-electron chi connectivity index (χ0n) is 20.3. The zero-order chi connectivity index (χ0) is 24.1. The second kappa shape index (κ2) is 8.38. The fourth-order valence-corrected chi connectivity index (χ4v) is 4.88. The van der Waals surface area contributed by atoms with Crippen molar-refractivity contribution in [3.05, 3.63) is 53.7 Å². The van der Waals surface area contributed by atoms with Crippen LogP contribution in [0.25, 0.3) is 10.9 Å². The minimum atomic E-state index is -0.509. The van der Waals surface area contributed by atoms with Crippen molar-refractivity contribution in [1.29, 1.82) is 0 Å². The number of fused-ring (bicyclic) bond motifs is 2. The maximum Gasteiger partial charge on any atom is 0.235 e. The number of methoxy groups -OCH3 is 1. The van der Waals surface area contributed by atoms with E-state index in [0.29, 0.717) is 18.9 Å². The van der Waals surface area contributed by atoms with Gasteiger partial charge in [0.25, 0.3) is 0 Å². The van der Waals surface area contributed by atoms with Gasteiger partial charge in [-0.25, -0.2) is 0 Å². The molecule has 3 aromatic rings. The number of carbonyl (C=O) groups is 1. The molecule has 1 aliphatic carbocycles. The fraction of sp³-hybridized carbons (Fsp3) is 0.444. The first-order valence-electron chi connectivity index (χ1n) is 11.8. The van der Waals surface area contributed by atoms with Crippen LogP contribution in [0.3, 0.4) is 0 Å². The summed E-state index contributed by atoms with van der Waals surface area (Å²) in [5.74, 6) is 1.36. The van der Waals surface area contributed by atoms with Gasteiger partial charge in [-0.15, -0.1) is 0 Å². The van der Waals surface area contributed by atoms with Gasteiger partial charge >= 0.3 is 0 Å². The van der Waals surface area contributed by atoms with Gasteiger partial charge in [-0.1, -0.05) is 26.8 Å². The number of carbonyl (C=O) groups excluding carboxylic acids is 1. The molecule has 1 aliphatic heterocycles. The summed E-state index contributed by atoms with van der Waals surface area (Å²) in [6.07, 6.45) is 1.64.